The maximum absolute atomic E-state index is 11.6. The summed E-state index contributed by atoms with van der Waals surface area (Å²) in [5.74, 6) is 0.105. The van der Waals surface area contributed by atoms with Gasteiger partial charge in [-0.15, -0.1) is 0 Å². The summed E-state index contributed by atoms with van der Waals surface area (Å²) in [6.45, 7) is 2.63. The highest BCUT2D eigenvalue weighted by atomic mass is 32.2. The Labute approximate surface area is 128 Å². The quantitative estimate of drug-likeness (QED) is 0.834. The summed E-state index contributed by atoms with van der Waals surface area (Å²) < 4.78 is 11.6. The van der Waals surface area contributed by atoms with E-state index in [9.17, 15) is 9.35 Å². The van der Waals surface area contributed by atoms with E-state index < -0.39 is 11.2 Å². The number of hydrogen-bond acceptors (Lipinski definition) is 2. The average Bonchev–Trinajstić information content (AvgIpc) is 2.47. The molecule has 0 saturated heterocycles. The molecule has 1 unspecified atom stereocenters. The van der Waals surface area contributed by atoms with Crippen molar-refractivity contribution in [3.8, 4) is 0 Å². The molecule has 2 rings (SSSR count). The molecule has 0 spiro atoms. The van der Waals surface area contributed by atoms with Gasteiger partial charge in [-0.2, -0.15) is 0 Å². The number of benzene rings is 2. The molecule has 2 aromatic carbocycles. The van der Waals surface area contributed by atoms with Gasteiger partial charge in [0.1, 0.15) is 6.26 Å². The highest BCUT2D eigenvalue weighted by Gasteiger charge is 2.08. The van der Waals surface area contributed by atoms with E-state index in [0.29, 0.717) is 13.0 Å². The molecule has 0 bridgehead atoms. The number of fused-ring (bicyclic) bond motifs is 1. The maximum atomic E-state index is 11.6. The lowest BCUT2D eigenvalue weighted by molar-refractivity contribution is -0.121. The third-order valence-corrected chi connectivity index (χ3v) is 4.39. The fourth-order valence-corrected chi connectivity index (χ4v) is 2.91. The van der Waals surface area contributed by atoms with Gasteiger partial charge in [-0.25, -0.2) is 0 Å². The van der Waals surface area contributed by atoms with Crippen LogP contribution in [0.25, 0.3) is 10.8 Å². The Morgan fingerprint density at radius 1 is 1.29 bits per heavy atom. The third-order valence-electron chi connectivity index (χ3n) is 3.47. The maximum Gasteiger partial charge on any atom is 0.219 e. The number of nitrogens with one attached hydrogen (secondary N) is 1. The molecule has 0 heterocycles. The largest absolute Gasteiger partial charge is 0.612 e. The predicted octanol–water partition coefficient (Wildman–Crippen LogP) is 3.04. The Morgan fingerprint density at radius 3 is 2.81 bits per heavy atom. The lowest BCUT2D eigenvalue weighted by atomic mass is 10.0. The summed E-state index contributed by atoms with van der Waals surface area (Å²) in [6, 6.07) is 12.0. The fraction of sp³-hybridized carbons (Fsp3) is 0.353. The van der Waals surface area contributed by atoms with E-state index in [4.69, 9.17) is 0 Å². The van der Waals surface area contributed by atoms with Gasteiger partial charge in [0.15, 0.2) is 4.90 Å². The van der Waals surface area contributed by atoms with Crippen LogP contribution in [-0.4, -0.2) is 23.3 Å². The van der Waals surface area contributed by atoms with E-state index in [-0.39, 0.29) is 5.91 Å². The zero-order valence-corrected chi connectivity index (χ0v) is 13.3. The average molecular weight is 303 g/mol. The van der Waals surface area contributed by atoms with Crippen LogP contribution >= 0.6 is 0 Å². The topological polar surface area (TPSA) is 52.2 Å². The van der Waals surface area contributed by atoms with Crippen molar-refractivity contribution in [1.82, 2.24) is 5.32 Å². The zero-order valence-electron chi connectivity index (χ0n) is 12.5. The van der Waals surface area contributed by atoms with Crippen molar-refractivity contribution in [1.29, 1.82) is 0 Å². The lowest BCUT2D eigenvalue weighted by Crippen LogP contribution is -2.25. The molecule has 1 N–H and O–H groups in total. The Kier molecular flexibility index (Phi) is 5.65. The molecule has 0 saturated carbocycles. The molecule has 21 heavy (non-hydrogen) atoms. The van der Waals surface area contributed by atoms with E-state index in [0.717, 1.165) is 28.5 Å². The van der Waals surface area contributed by atoms with Crippen LogP contribution in [0.1, 0.15) is 25.3 Å². The van der Waals surface area contributed by atoms with Gasteiger partial charge >= 0.3 is 0 Å². The number of hydrogen-bond donors (Lipinski definition) is 1. The molecular weight excluding hydrogens is 282 g/mol. The third kappa shape index (κ3) is 4.22. The van der Waals surface area contributed by atoms with Crippen LogP contribution in [-0.2, 0) is 22.4 Å². The predicted molar refractivity (Wildman–Crippen MR) is 87.9 cm³/mol. The SMILES string of the molecule is CCCC(=O)NCCc1cccc2ccc([S+](C)[O-])cc12. The summed E-state index contributed by atoms with van der Waals surface area (Å²) in [4.78, 5) is 12.3. The minimum absolute atomic E-state index is 0.105. The molecule has 0 fully saturated rings. The van der Waals surface area contributed by atoms with Crippen LogP contribution in [0, 0.1) is 0 Å². The standard InChI is InChI=1S/C17H21NO2S/c1-3-5-17(19)18-11-10-14-7-4-6-13-8-9-15(21(2)20)12-16(13)14/h4,6-9,12H,3,5,10-11H2,1-2H3,(H,18,19). The van der Waals surface area contributed by atoms with E-state index in [1.165, 1.54) is 5.56 Å². The number of carbonyl (C=O) groups excluding carboxylic acids is 1. The molecule has 4 heteroatoms. The van der Waals surface area contributed by atoms with Crippen molar-refractivity contribution < 1.29 is 9.35 Å². The molecule has 0 aliphatic rings. The second kappa shape index (κ2) is 7.48. The van der Waals surface area contributed by atoms with Gasteiger partial charge in [0.2, 0.25) is 5.91 Å². The van der Waals surface area contributed by atoms with Gasteiger partial charge in [-0.05, 0) is 52.5 Å². The first-order valence-electron chi connectivity index (χ1n) is 7.23. The fourth-order valence-electron chi connectivity index (χ4n) is 2.37. The van der Waals surface area contributed by atoms with E-state index >= 15 is 0 Å². The number of amides is 1. The summed E-state index contributed by atoms with van der Waals surface area (Å²) in [7, 11) is 0. The van der Waals surface area contributed by atoms with Gasteiger partial charge in [0, 0.05) is 19.0 Å². The molecule has 112 valence electrons. The Balaban J connectivity index is 2.15. The Morgan fingerprint density at radius 2 is 2.10 bits per heavy atom. The van der Waals surface area contributed by atoms with Gasteiger partial charge in [-0.1, -0.05) is 25.1 Å². The summed E-state index contributed by atoms with van der Waals surface area (Å²) in [5.41, 5.74) is 1.18. The summed E-state index contributed by atoms with van der Waals surface area (Å²) >= 11 is -0.979. The molecule has 3 nitrogen and oxygen atoms in total. The van der Waals surface area contributed by atoms with Gasteiger partial charge in [-0.3, -0.25) is 4.79 Å². The Hall–Kier alpha value is -1.52. The smallest absolute Gasteiger partial charge is 0.219 e. The van der Waals surface area contributed by atoms with Crippen LogP contribution in [0.2, 0.25) is 0 Å². The monoisotopic (exact) mass is 303 g/mol. The second-order valence-electron chi connectivity index (χ2n) is 5.10. The van der Waals surface area contributed by atoms with Gasteiger partial charge < -0.3 is 9.87 Å². The van der Waals surface area contributed by atoms with Crippen LogP contribution in [0.5, 0.6) is 0 Å². The van der Waals surface area contributed by atoms with Crippen LogP contribution in [0.15, 0.2) is 41.3 Å². The molecule has 2 aromatic rings. The van der Waals surface area contributed by atoms with Crippen LogP contribution in [0.4, 0.5) is 0 Å². The molecule has 0 aliphatic carbocycles. The molecule has 0 radical (unpaired) electrons. The van der Waals surface area contributed by atoms with Crippen molar-refractivity contribution in [2.75, 3.05) is 12.8 Å². The second-order valence-corrected chi connectivity index (χ2v) is 6.48. The van der Waals surface area contributed by atoms with E-state index in [2.05, 4.69) is 17.4 Å². The van der Waals surface area contributed by atoms with Crippen molar-refractivity contribution in [2.45, 2.75) is 31.1 Å². The molecule has 1 amide bonds. The molecular formula is C17H21NO2S. The highest BCUT2D eigenvalue weighted by Crippen LogP contribution is 2.23. The van der Waals surface area contributed by atoms with Gasteiger partial charge in [0.25, 0.3) is 0 Å². The van der Waals surface area contributed by atoms with E-state index in [1.54, 1.807) is 6.26 Å². The molecule has 0 aliphatic heterocycles. The van der Waals surface area contributed by atoms with E-state index in [1.807, 2.05) is 31.2 Å². The van der Waals surface area contributed by atoms with Crippen molar-refractivity contribution >= 4 is 27.9 Å². The number of carbonyl (C=O) groups is 1. The first-order chi connectivity index (χ1) is 10.1. The summed E-state index contributed by atoms with van der Waals surface area (Å²) in [6.07, 6.45) is 3.92. The first-order valence-corrected chi connectivity index (χ1v) is 8.79. The summed E-state index contributed by atoms with van der Waals surface area (Å²) in [5, 5.41) is 5.20. The zero-order chi connectivity index (χ0) is 15.2. The van der Waals surface area contributed by atoms with Crippen LogP contribution < -0.4 is 5.32 Å². The van der Waals surface area contributed by atoms with Gasteiger partial charge in [0.05, 0.1) is 0 Å². The van der Waals surface area contributed by atoms with Crippen molar-refractivity contribution in [3.63, 3.8) is 0 Å². The first kappa shape index (κ1) is 15.9. The molecule has 0 aromatic heterocycles. The minimum Gasteiger partial charge on any atom is -0.612 e. The number of rotatable bonds is 6. The minimum atomic E-state index is -0.979. The normalized spacial score (nSPS) is 12.3. The van der Waals surface area contributed by atoms with Crippen molar-refractivity contribution in [2.24, 2.45) is 0 Å². The highest BCUT2D eigenvalue weighted by molar-refractivity contribution is 7.90. The Bertz CT molecular complexity index is 625. The lowest BCUT2D eigenvalue weighted by Gasteiger charge is -2.10. The van der Waals surface area contributed by atoms with Crippen LogP contribution in [0.3, 0.4) is 0 Å². The van der Waals surface area contributed by atoms with Crippen molar-refractivity contribution in [3.05, 3.63) is 42.0 Å². The molecule has 1 atom stereocenters.